The standard InChI is InChI=1S/C14H18O6/c1-17-13-10(12(15)14(16)18-2)4-3-5-11(13)20-9-6-7-19-8-9/h3-5,9,12,15H,6-8H2,1-2H3. The summed E-state index contributed by atoms with van der Waals surface area (Å²) in [4.78, 5) is 11.4. The van der Waals surface area contributed by atoms with Gasteiger partial charge in [0.2, 0.25) is 0 Å². The molecule has 1 fully saturated rings. The van der Waals surface area contributed by atoms with E-state index in [0.29, 0.717) is 30.3 Å². The fourth-order valence-electron chi connectivity index (χ4n) is 2.08. The smallest absolute Gasteiger partial charge is 0.339 e. The fourth-order valence-corrected chi connectivity index (χ4v) is 2.08. The Morgan fingerprint density at radius 1 is 1.45 bits per heavy atom. The average Bonchev–Trinajstić information content (AvgIpc) is 2.98. The number of carbonyl (C=O) groups is 1. The van der Waals surface area contributed by atoms with Crippen LogP contribution >= 0.6 is 0 Å². The van der Waals surface area contributed by atoms with Gasteiger partial charge in [0.25, 0.3) is 0 Å². The number of rotatable bonds is 5. The molecule has 1 heterocycles. The Hall–Kier alpha value is -1.79. The first kappa shape index (κ1) is 14.6. The minimum absolute atomic E-state index is 0.0468. The Kier molecular flexibility index (Phi) is 4.81. The maximum atomic E-state index is 11.4. The molecule has 1 aliphatic heterocycles. The van der Waals surface area contributed by atoms with Gasteiger partial charge in [-0.05, 0) is 6.07 Å². The molecule has 2 atom stereocenters. The van der Waals surface area contributed by atoms with Crippen LogP contribution in [0, 0.1) is 0 Å². The van der Waals surface area contributed by atoms with Crippen molar-refractivity contribution in [2.75, 3.05) is 27.4 Å². The number of esters is 1. The van der Waals surface area contributed by atoms with Crippen LogP contribution in [0.5, 0.6) is 11.5 Å². The molecule has 1 aliphatic rings. The molecule has 0 saturated carbocycles. The molecule has 0 bridgehead atoms. The van der Waals surface area contributed by atoms with Crippen molar-refractivity contribution >= 4 is 5.97 Å². The summed E-state index contributed by atoms with van der Waals surface area (Å²) in [6, 6.07) is 5.01. The lowest BCUT2D eigenvalue weighted by Crippen LogP contribution is -2.18. The SMILES string of the molecule is COC(=O)C(O)c1cccc(OC2CCOC2)c1OC. The summed E-state index contributed by atoms with van der Waals surface area (Å²) in [6.45, 7) is 1.18. The lowest BCUT2D eigenvalue weighted by atomic mass is 10.1. The summed E-state index contributed by atoms with van der Waals surface area (Å²) in [6.07, 6.45) is -0.653. The number of methoxy groups -OCH3 is 2. The Balaban J connectivity index is 2.26. The summed E-state index contributed by atoms with van der Waals surface area (Å²) in [5, 5.41) is 9.95. The number of hydrogen-bond acceptors (Lipinski definition) is 6. The van der Waals surface area contributed by atoms with Crippen molar-refractivity contribution in [2.45, 2.75) is 18.6 Å². The lowest BCUT2D eigenvalue weighted by molar-refractivity contribution is -0.150. The Labute approximate surface area is 117 Å². The molecular formula is C14H18O6. The number of aliphatic hydroxyl groups is 1. The number of benzene rings is 1. The normalized spacial score (nSPS) is 19.4. The molecule has 110 valence electrons. The van der Waals surface area contributed by atoms with Crippen LogP contribution in [0.2, 0.25) is 0 Å². The van der Waals surface area contributed by atoms with Gasteiger partial charge in [0.1, 0.15) is 6.10 Å². The molecule has 6 heteroatoms. The van der Waals surface area contributed by atoms with Crippen LogP contribution < -0.4 is 9.47 Å². The van der Waals surface area contributed by atoms with E-state index in [4.69, 9.17) is 14.2 Å². The van der Waals surface area contributed by atoms with Crippen LogP contribution in [-0.2, 0) is 14.3 Å². The van der Waals surface area contributed by atoms with Crippen molar-refractivity contribution < 1.29 is 28.8 Å². The lowest BCUT2D eigenvalue weighted by Gasteiger charge is -2.19. The van der Waals surface area contributed by atoms with E-state index in [0.717, 1.165) is 6.42 Å². The molecule has 1 aromatic rings. The van der Waals surface area contributed by atoms with Gasteiger partial charge in [0, 0.05) is 12.0 Å². The molecule has 2 unspecified atom stereocenters. The maximum Gasteiger partial charge on any atom is 0.339 e. The molecule has 0 aliphatic carbocycles. The zero-order valence-electron chi connectivity index (χ0n) is 11.5. The first-order valence-corrected chi connectivity index (χ1v) is 6.34. The molecule has 0 radical (unpaired) electrons. The van der Waals surface area contributed by atoms with Crippen LogP contribution in [0.3, 0.4) is 0 Å². The average molecular weight is 282 g/mol. The highest BCUT2D eigenvalue weighted by Gasteiger charge is 2.26. The van der Waals surface area contributed by atoms with E-state index in [1.54, 1.807) is 18.2 Å². The quantitative estimate of drug-likeness (QED) is 0.814. The summed E-state index contributed by atoms with van der Waals surface area (Å²) in [7, 11) is 2.68. The Bertz CT molecular complexity index is 467. The third-order valence-electron chi connectivity index (χ3n) is 3.11. The summed E-state index contributed by atoms with van der Waals surface area (Å²) in [5.41, 5.74) is 0.316. The van der Waals surface area contributed by atoms with Gasteiger partial charge in [-0.25, -0.2) is 4.79 Å². The van der Waals surface area contributed by atoms with Crippen LogP contribution in [0.1, 0.15) is 18.1 Å². The predicted octanol–water partition coefficient (Wildman–Crippen LogP) is 1.07. The first-order valence-electron chi connectivity index (χ1n) is 6.34. The van der Waals surface area contributed by atoms with E-state index < -0.39 is 12.1 Å². The zero-order valence-corrected chi connectivity index (χ0v) is 11.5. The minimum atomic E-state index is -1.40. The Morgan fingerprint density at radius 2 is 2.25 bits per heavy atom. The van der Waals surface area contributed by atoms with Gasteiger partial charge in [0.15, 0.2) is 17.6 Å². The highest BCUT2D eigenvalue weighted by atomic mass is 16.6. The van der Waals surface area contributed by atoms with Crippen molar-refractivity contribution in [2.24, 2.45) is 0 Å². The van der Waals surface area contributed by atoms with Crippen LogP contribution in [0.15, 0.2) is 18.2 Å². The monoisotopic (exact) mass is 282 g/mol. The maximum absolute atomic E-state index is 11.4. The van der Waals surface area contributed by atoms with Crippen molar-refractivity contribution in [1.82, 2.24) is 0 Å². The summed E-state index contributed by atoms with van der Waals surface area (Å²) < 4.78 is 20.8. The van der Waals surface area contributed by atoms with Gasteiger partial charge < -0.3 is 24.1 Å². The second kappa shape index (κ2) is 6.58. The molecular weight excluding hydrogens is 264 g/mol. The molecule has 20 heavy (non-hydrogen) atoms. The Morgan fingerprint density at radius 3 is 2.85 bits per heavy atom. The van der Waals surface area contributed by atoms with E-state index >= 15 is 0 Å². The second-order valence-electron chi connectivity index (χ2n) is 4.41. The molecule has 1 N–H and O–H groups in total. The van der Waals surface area contributed by atoms with Crippen LogP contribution in [-0.4, -0.2) is 44.6 Å². The highest BCUT2D eigenvalue weighted by Crippen LogP contribution is 2.36. The van der Waals surface area contributed by atoms with Gasteiger partial charge in [-0.3, -0.25) is 0 Å². The number of para-hydroxylation sites is 1. The minimum Gasteiger partial charge on any atom is -0.492 e. The molecule has 1 saturated heterocycles. The molecule has 0 spiro atoms. The number of carbonyl (C=O) groups excluding carboxylic acids is 1. The van der Waals surface area contributed by atoms with Gasteiger partial charge >= 0.3 is 5.97 Å². The number of hydrogen-bond donors (Lipinski definition) is 1. The van der Waals surface area contributed by atoms with E-state index in [1.807, 2.05) is 0 Å². The van der Waals surface area contributed by atoms with Gasteiger partial charge in [-0.15, -0.1) is 0 Å². The van der Waals surface area contributed by atoms with E-state index in [1.165, 1.54) is 14.2 Å². The number of ether oxygens (including phenoxy) is 4. The van der Waals surface area contributed by atoms with Crippen molar-refractivity contribution in [3.8, 4) is 11.5 Å². The van der Waals surface area contributed by atoms with E-state index in [2.05, 4.69) is 4.74 Å². The second-order valence-corrected chi connectivity index (χ2v) is 4.41. The number of aliphatic hydroxyl groups excluding tert-OH is 1. The van der Waals surface area contributed by atoms with E-state index in [9.17, 15) is 9.90 Å². The van der Waals surface area contributed by atoms with Gasteiger partial charge in [-0.1, -0.05) is 12.1 Å². The van der Waals surface area contributed by atoms with Crippen LogP contribution in [0.25, 0.3) is 0 Å². The summed E-state index contributed by atoms with van der Waals surface area (Å²) >= 11 is 0. The molecule has 0 amide bonds. The largest absolute Gasteiger partial charge is 0.492 e. The van der Waals surface area contributed by atoms with Crippen LogP contribution in [0.4, 0.5) is 0 Å². The topological polar surface area (TPSA) is 74.2 Å². The van der Waals surface area contributed by atoms with Crippen molar-refractivity contribution in [1.29, 1.82) is 0 Å². The molecule has 2 rings (SSSR count). The zero-order chi connectivity index (χ0) is 14.5. The third kappa shape index (κ3) is 3.02. The molecule has 0 aromatic heterocycles. The first-order chi connectivity index (χ1) is 9.67. The summed E-state index contributed by atoms with van der Waals surface area (Å²) in [5.74, 6) is 0.0606. The fraction of sp³-hybridized carbons (Fsp3) is 0.500. The van der Waals surface area contributed by atoms with Gasteiger partial charge in [-0.2, -0.15) is 0 Å². The highest BCUT2D eigenvalue weighted by molar-refractivity contribution is 5.77. The van der Waals surface area contributed by atoms with Gasteiger partial charge in [0.05, 0.1) is 27.4 Å². The van der Waals surface area contributed by atoms with E-state index in [-0.39, 0.29) is 6.10 Å². The van der Waals surface area contributed by atoms with Crippen molar-refractivity contribution in [3.05, 3.63) is 23.8 Å². The third-order valence-corrected chi connectivity index (χ3v) is 3.11. The molecule has 1 aromatic carbocycles. The molecule has 6 nitrogen and oxygen atoms in total. The van der Waals surface area contributed by atoms with Crippen molar-refractivity contribution in [3.63, 3.8) is 0 Å². The predicted molar refractivity (Wildman–Crippen MR) is 69.8 cm³/mol.